The van der Waals surface area contributed by atoms with Gasteiger partial charge in [-0.2, -0.15) is 5.10 Å². The molecule has 0 aromatic carbocycles. The summed E-state index contributed by atoms with van der Waals surface area (Å²) in [6.45, 7) is 3.54. The summed E-state index contributed by atoms with van der Waals surface area (Å²) in [6, 6.07) is 2.25. The number of nitrogens with two attached hydrogens (primary N) is 1. The smallest absolute Gasteiger partial charge is 0.0628 e. The van der Waals surface area contributed by atoms with Crippen LogP contribution in [0.3, 0.4) is 0 Å². The van der Waals surface area contributed by atoms with E-state index in [4.69, 9.17) is 10.5 Å². The number of nitrogens with one attached hydrogen (secondary N) is 1. The second kappa shape index (κ2) is 4.11. The first-order valence-corrected chi connectivity index (χ1v) is 5.10. The molecule has 1 aliphatic rings. The van der Waals surface area contributed by atoms with Crippen LogP contribution in [0.4, 0.5) is 0 Å². The van der Waals surface area contributed by atoms with E-state index in [0.717, 1.165) is 30.8 Å². The Bertz CT molecular complexity index is 297. The minimum absolute atomic E-state index is 0.167. The third-order valence-electron chi connectivity index (χ3n) is 2.78. The molecule has 2 unspecified atom stereocenters. The van der Waals surface area contributed by atoms with Gasteiger partial charge in [0.1, 0.15) is 0 Å². The minimum atomic E-state index is 0.167. The number of nitrogens with zero attached hydrogens (tertiary/aromatic N) is 1. The molecule has 4 heteroatoms. The molecule has 2 rings (SSSR count). The quantitative estimate of drug-likeness (QED) is 0.727. The summed E-state index contributed by atoms with van der Waals surface area (Å²) in [5.41, 5.74) is 8.20. The van der Waals surface area contributed by atoms with E-state index in [1.807, 2.05) is 6.92 Å². The van der Waals surface area contributed by atoms with Crippen LogP contribution in [0.5, 0.6) is 0 Å². The van der Waals surface area contributed by atoms with Gasteiger partial charge in [0.05, 0.1) is 12.3 Å². The molecule has 0 radical (unpaired) electrons. The monoisotopic (exact) mass is 195 g/mol. The van der Waals surface area contributed by atoms with Crippen molar-refractivity contribution < 1.29 is 4.74 Å². The molecule has 78 valence electrons. The predicted octanol–water partition coefficient (Wildman–Crippen LogP) is 0.624. The third kappa shape index (κ3) is 2.13. The average molecular weight is 195 g/mol. The second-order valence-corrected chi connectivity index (χ2v) is 4.03. The van der Waals surface area contributed by atoms with E-state index in [2.05, 4.69) is 16.3 Å². The van der Waals surface area contributed by atoms with Crippen LogP contribution in [0.25, 0.3) is 0 Å². The molecular formula is C10H17N3O. The Hall–Kier alpha value is -0.870. The van der Waals surface area contributed by atoms with Crippen LogP contribution in [-0.4, -0.2) is 29.5 Å². The number of aromatic amines is 1. The van der Waals surface area contributed by atoms with Crippen LogP contribution in [0.2, 0.25) is 0 Å². The van der Waals surface area contributed by atoms with Gasteiger partial charge < -0.3 is 10.5 Å². The fourth-order valence-electron chi connectivity index (χ4n) is 1.91. The van der Waals surface area contributed by atoms with Crippen molar-refractivity contribution >= 4 is 0 Å². The van der Waals surface area contributed by atoms with Gasteiger partial charge in [0.15, 0.2) is 0 Å². The van der Waals surface area contributed by atoms with E-state index >= 15 is 0 Å². The molecule has 14 heavy (non-hydrogen) atoms. The van der Waals surface area contributed by atoms with E-state index < -0.39 is 0 Å². The van der Waals surface area contributed by atoms with Crippen molar-refractivity contribution in [3.05, 3.63) is 17.5 Å². The second-order valence-electron chi connectivity index (χ2n) is 4.03. The highest BCUT2D eigenvalue weighted by Gasteiger charge is 2.23. The van der Waals surface area contributed by atoms with Crippen molar-refractivity contribution in [2.75, 3.05) is 13.2 Å². The maximum Gasteiger partial charge on any atom is 0.0628 e. The van der Waals surface area contributed by atoms with Crippen LogP contribution in [-0.2, 0) is 11.2 Å². The third-order valence-corrected chi connectivity index (χ3v) is 2.78. The number of ether oxygens (including phenoxy) is 1. The largest absolute Gasteiger partial charge is 0.380 e. The summed E-state index contributed by atoms with van der Waals surface area (Å²) in [5.74, 6) is 0.520. The first-order chi connectivity index (χ1) is 6.75. The summed E-state index contributed by atoms with van der Waals surface area (Å²) in [7, 11) is 0. The van der Waals surface area contributed by atoms with Crippen LogP contribution >= 0.6 is 0 Å². The number of hydrogen-bond acceptors (Lipinski definition) is 3. The van der Waals surface area contributed by atoms with Crippen LogP contribution in [0.1, 0.15) is 17.8 Å². The van der Waals surface area contributed by atoms with Crippen molar-refractivity contribution in [2.24, 2.45) is 11.7 Å². The Morgan fingerprint density at radius 3 is 3.21 bits per heavy atom. The molecule has 0 saturated carbocycles. The van der Waals surface area contributed by atoms with Crippen molar-refractivity contribution in [3.63, 3.8) is 0 Å². The van der Waals surface area contributed by atoms with Gasteiger partial charge in [0.2, 0.25) is 0 Å². The van der Waals surface area contributed by atoms with E-state index in [-0.39, 0.29) is 6.04 Å². The molecule has 1 aromatic heterocycles. The van der Waals surface area contributed by atoms with Crippen LogP contribution in [0, 0.1) is 12.8 Å². The lowest BCUT2D eigenvalue weighted by Crippen LogP contribution is -2.40. The molecule has 0 spiro atoms. The lowest BCUT2D eigenvalue weighted by molar-refractivity contribution is 0.0490. The Morgan fingerprint density at radius 1 is 1.71 bits per heavy atom. The van der Waals surface area contributed by atoms with Gasteiger partial charge in [-0.15, -0.1) is 0 Å². The maximum atomic E-state index is 5.97. The lowest BCUT2D eigenvalue weighted by atomic mass is 9.91. The molecule has 1 aromatic rings. The van der Waals surface area contributed by atoms with Gasteiger partial charge in [-0.25, -0.2) is 0 Å². The Morgan fingerprint density at radius 2 is 2.57 bits per heavy atom. The first-order valence-electron chi connectivity index (χ1n) is 5.10. The van der Waals surface area contributed by atoms with Gasteiger partial charge in [0, 0.05) is 18.3 Å². The summed E-state index contributed by atoms with van der Waals surface area (Å²) < 4.78 is 5.30. The van der Waals surface area contributed by atoms with Gasteiger partial charge in [-0.3, -0.25) is 5.10 Å². The van der Waals surface area contributed by atoms with Gasteiger partial charge in [0.25, 0.3) is 0 Å². The minimum Gasteiger partial charge on any atom is -0.380 e. The number of rotatable bonds is 2. The number of H-pyrrole nitrogens is 1. The van der Waals surface area contributed by atoms with Crippen LogP contribution in [0.15, 0.2) is 6.07 Å². The van der Waals surface area contributed by atoms with Gasteiger partial charge in [-0.05, 0) is 31.7 Å². The Balaban J connectivity index is 1.95. The van der Waals surface area contributed by atoms with Gasteiger partial charge in [-0.1, -0.05) is 0 Å². The molecule has 1 fully saturated rings. The highest BCUT2D eigenvalue weighted by Crippen LogP contribution is 2.18. The zero-order valence-electron chi connectivity index (χ0n) is 8.49. The molecule has 0 bridgehead atoms. The normalized spacial score (nSPS) is 27.9. The predicted molar refractivity (Wildman–Crippen MR) is 53.9 cm³/mol. The van der Waals surface area contributed by atoms with Crippen LogP contribution < -0.4 is 5.73 Å². The molecule has 0 aliphatic carbocycles. The van der Waals surface area contributed by atoms with E-state index in [1.165, 1.54) is 0 Å². The Kier molecular flexibility index (Phi) is 2.84. The highest BCUT2D eigenvalue weighted by atomic mass is 16.5. The molecule has 4 nitrogen and oxygen atoms in total. The van der Waals surface area contributed by atoms with Crippen molar-refractivity contribution in [1.82, 2.24) is 10.2 Å². The van der Waals surface area contributed by atoms with E-state index in [1.54, 1.807) is 0 Å². The SMILES string of the molecule is Cc1cc(CC2CCOCC2N)n[nH]1. The van der Waals surface area contributed by atoms with E-state index in [0.29, 0.717) is 12.5 Å². The zero-order chi connectivity index (χ0) is 9.97. The van der Waals surface area contributed by atoms with Crippen molar-refractivity contribution in [1.29, 1.82) is 0 Å². The topological polar surface area (TPSA) is 63.9 Å². The summed E-state index contributed by atoms with van der Waals surface area (Å²) in [4.78, 5) is 0. The molecule has 0 amide bonds. The fourth-order valence-corrected chi connectivity index (χ4v) is 1.91. The number of aryl methyl sites for hydroxylation is 1. The highest BCUT2D eigenvalue weighted by molar-refractivity contribution is 5.08. The van der Waals surface area contributed by atoms with E-state index in [9.17, 15) is 0 Å². The molecule has 2 heterocycles. The lowest BCUT2D eigenvalue weighted by Gasteiger charge is -2.27. The molecule has 2 atom stereocenters. The molecular weight excluding hydrogens is 178 g/mol. The summed E-state index contributed by atoms with van der Waals surface area (Å²) in [6.07, 6.45) is 2.02. The first kappa shape index (κ1) is 9.68. The number of aromatic nitrogens is 2. The van der Waals surface area contributed by atoms with Crippen molar-refractivity contribution in [3.8, 4) is 0 Å². The standard InChI is InChI=1S/C10H17N3O/c1-7-4-9(13-12-7)5-8-2-3-14-6-10(8)11/h4,8,10H,2-3,5-6,11H2,1H3,(H,12,13). The molecule has 1 aliphatic heterocycles. The summed E-state index contributed by atoms with van der Waals surface area (Å²) in [5, 5.41) is 7.17. The fraction of sp³-hybridized carbons (Fsp3) is 0.700. The average Bonchev–Trinajstić information content (AvgIpc) is 2.56. The molecule has 3 N–H and O–H groups in total. The van der Waals surface area contributed by atoms with Crippen molar-refractivity contribution in [2.45, 2.75) is 25.8 Å². The Labute approximate surface area is 83.8 Å². The molecule has 1 saturated heterocycles. The maximum absolute atomic E-state index is 5.97. The zero-order valence-corrected chi connectivity index (χ0v) is 8.49. The number of hydrogen-bond donors (Lipinski definition) is 2. The summed E-state index contributed by atoms with van der Waals surface area (Å²) >= 11 is 0. The van der Waals surface area contributed by atoms with Gasteiger partial charge >= 0.3 is 0 Å².